The Morgan fingerprint density at radius 3 is 2.12 bits per heavy atom. The van der Waals surface area contributed by atoms with Crippen molar-refractivity contribution >= 4 is 17.6 Å². The van der Waals surface area contributed by atoms with Crippen molar-refractivity contribution in [2.45, 2.75) is 90.3 Å². The number of nitrogens with zero attached hydrogens (tertiary/aromatic N) is 3. The molecule has 1 saturated carbocycles. The first-order valence-electron chi connectivity index (χ1n) is 15.3. The molecule has 2 heterocycles. The Bertz CT molecular complexity index is 1030. The molecule has 3 aliphatic rings. The van der Waals surface area contributed by atoms with Crippen LogP contribution in [0.15, 0.2) is 24.3 Å². The predicted octanol–water partition coefficient (Wildman–Crippen LogP) is 3.90. The molecular formula is C32H49FN4O3. The number of carbonyl (C=O) groups excluding carboxylic acids is 3. The van der Waals surface area contributed by atoms with Gasteiger partial charge < -0.3 is 10.2 Å². The van der Waals surface area contributed by atoms with Crippen molar-refractivity contribution in [3.8, 4) is 0 Å². The molecule has 0 radical (unpaired) electrons. The van der Waals surface area contributed by atoms with E-state index in [1.165, 1.54) is 31.4 Å². The second-order valence-electron chi connectivity index (χ2n) is 12.9. The SMILES string of the molecule is CC(=O)C1(C2CCCCC2)CCN(C(=O)[C@@H](Cc2ccc(F)cc2)NC(=O)C2C(C(C)C)N(C)CCN2C)CC1. The number of piperazine rings is 1. The smallest absolute Gasteiger partial charge is 0.245 e. The number of rotatable bonds is 8. The van der Waals surface area contributed by atoms with E-state index in [0.717, 1.165) is 31.5 Å². The standard InChI is InChI=1S/C32H49FN4O3/c1-22(2)28-29(36(5)20-19-35(28)4)30(39)34-27(21-24-11-13-26(33)14-12-24)31(40)37-17-15-32(16-18-37,23(3)38)25-9-7-6-8-10-25/h11-14,22,25,27-29H,6-10,15-21H2,1-5H3,(H,34,39)/t27-,28?,29?/m1/s1. The van der Waals surface area contributed by atoms with Crippen LogP contribution >= 0.6 is 0 Å². The Labute approximate surface area is 239 Å². The Hall–Kier alpha value is -2.32. The monoisotopic (exact) mass is 556 g/mol. The van der Waals surface area contributed by atoms with Crippen LogP contribution in [0, 0.1) is 23.1 Å². The molecule has 2 saturated heterocycles. The van der Waals surface area contributed by atoms with Crippen molar-refractivity contribution in [1.29, 1.82) is 0 Å². The molecule has 2 unspecified atom stereocenters. The number of ketones is 1. The van der Waals surface area contributed by atoms with Gasteiger partial charge in [-0.15, -0.1) is 0 Å². The van der Waals surface area contributed by atoms with Gasteiger partial charge in [0.1, 0.15) is 23.7 Å². The van der Waals surface area contributed by atoms with Crippen molar-refractivity contribution in [3.63, 3.8) is 0 Å². The summed E-state index contributed by atoms with van der Waals surface area (Å²) in [4.78, 5) is 47.0. The first-order valence-corrected chi connectivity index (χ1v) is 15.3. The summed E-state index contributed by atoms with van der Waals surface area (Å²) in [5.41, 5.74) is 0.458. The van der Waals surface area contributed by atoms with Crippen LogP contribution in [0.4, 0.5) is 4.39 Å². The van der Waals surface area contributed by atoms with E-state index in [9.17, 15) is 18.8 Å². The molecule has 8 heteroatoms. The van der Waals surface area contributed by atoms with Crippen molar-refractivity contribution in [3.05, 3.63) is 35.6 Å². The summed E-state index contributed by atoms with van der Waals surface area (Å²) in [5.74, 6) is 0.319. The first-order chi connectivity index (χ1) is 19.0. The van der Waals surface area contributed by atoms with E-state index < -0.39 is 6.04 Å². The number of nitrogens with one attached hydrogen (secondary N) is 1. The Morgan fingerprint density at radius 2 is 1.55 bits per heavy atom. The molecule has 2 amide bonds. The number of benzene rings is 1. The lowest BCUT2D eigenvalue weighted by molar-refractivity contribution is -0.145. The van der Waals surface area contributed by atoms with Gasteiger partial charge in [0.05, 0.1) is 0 Å². The van der Waals surface area contributed by atoms with Gasteiger partial charge in [-0.1, -0.05) is 45.2 Å². The molecule has 40 heavy (non-hydrogen) atoms. The van der Waals surface area contributed by atoms with Crippen LogP contribution in [0.25, 0.3) is 0 Å². The molecule has 1 aromatic carbocycles. The predicted molar refractivity (Wildman–Crippen MR) is 155 cm³/mol. The maximum absolute atomic E-state index is 14.0. The lowest BCUT2D eigenvalue weighted by atomic mass is 9.62. The summed E-state index contributed by atoms with van der Waals surface area (Å²) in [6, 6.07) is 5.04. The largest absolute Gasteiger partial charge is 0.343 e. The maximum atomic E-state index is 14.0. The van der Waals surface area contributed by atoms with E-state index >= 15 is 0 Å². The van der Waals surface area contributed by atoms with Crippen molar-refractivity contribution in [2.75, 3.05) is 40.3 Å². The second kappa shape index (κ2) is 13.1. The highest BCUT2D eigenvalue weighted by atomic mass is 19.1. The minimum absolute atomic E-state index is 0.0296. The first kappa shape index (κ1) is 30.6. The average Bonchev–Trinajstić information content (AvgIpc) is 2.94. The van der Waals surface area contributed by atoms with E-state index in [4.69, 9.17) is 0 Å². The molecule has 0 aromatic heterocycles. The molecule has 0 bridgehead atoms. The van der Waals surface area contributed by atoms with Crippen molar-refractivity contribution in [2.24, 2.45) is 17.3 Å². The number of likely N-dealkylation sites (N-methyl/N-ethyl adjacent to an activating group) is 2. The Kier molecular flexibility index (Phi) is 10.0. The van der Waals surface area contributed by atoms with Gasteiger partial charge in [-0.3, -0.25) is 24.2 Å². The molecular weight excluding hydrogens is 507 g/mol. The number of likely N-dealkylation sites (tertiary alicyclic amines) is 1. The maximum Gasteiger partial charge on any atom is 0.245 e. The fourth-order valence-electron chi connectivity index (χ4n) is 7.70. The van der Waals surface area contributed by atoms with E-state index in [1.807, 2.05) is 11.9 Å². The molecule has 4 rings (SSSR count). The van der Waals surface area contributed by atoms with Crippen LogP contribution in [0.1, 0.15) is 71.3 Å². The number of halogens is 1. The van der Waals surface area contributed by atoms with Gasteiger partial charge in [0.15, 0.2) is 0 Å². The lowest BCUT2D eigenvalue weighted by Gasteiger charge is -2.47. The van der Waals surface area contributed by atoms with E-state index in [2.05, 4.69) is 36.0 Å². The Morgan fingerprint density at radius 1 is 0.950 bits per heavy atom. The molecule has 3 atom stereocenters. The normalized spacial score (nSPS) is 25.5. The number of hydrogen-bond donors (Lipinski definition) is 1. The molecule has 1 aromatic rings. The molecule has 7 nitrogen and oxygen atoms in total. The van der Waals surface area contributed by atoms with Gasteiger partial charge in [0, 0.05) is 44.1 Å². The summed E-state index contributed by atoms with van der Waals surface area (Å²) in [7, 11) is 4.03. The van der Waals surface area contributed by atoms with Gasteiger partial charge in [-0.2, -0.15) is 0 Å². The molecule has 0 spiro atoms. The Balaban J connectivity index is 1.53. The summed E-state index contributed by atoms with van der Waals surface area (Å²) in [5, 5.41) is 3.13. The number of hydrogen-bond acceptors (Lipinski definition) is 5. The number of piperidine rings is 1. The number of carbonyl (C=O) groups is 3. The van der Waals surface area contributed by atoms with E-state index in [1.54, 1.807) is 19.1 Å². The zero-order chi connectivity index (χ0) is 29.0. The highest BCUT2D eigenvalue weighted by Crippen LogP contribution is 2.46. The van der Waals surface area contributed by atoms with Gasteiger partial charge in [-0.05, 0) is 76.2 Å². The molecule has 1 N–H and O–H groups in total. The summed E-state index contributed by atoms with van der Waals surface area (Å²) in [6.07, 6.45) is 7.44. The van der Waals surface area contributed by atoms with Crippen LogP contribution in [-0.2, 0) is 20.8 Å². The highest BCUT2D eigenvalue weighted by Gasteiger charge is 2.47. The fourth-order valence-corrected chi connectivity index (χ4v) is 7.70. The summed E-state index contributed by atoms with van der Waals surface area (Å²) in [6.45, 7) is 8.68. The van der Waals surface area contributed by atoms with E-state index in [-0.39, 0.29) is 46.8 Å². The minimum Gasteiger partial charge on any atom is -0.343 e. The van der Waals surface area contributed by atoms with Crippen LogP contribution < -0.4 is 5.32 Å². The van der Waals surface area contributed by atoms with Crippen LogP contribution in [-0.4, -0.2) is 90.7 Å². The summed E-state index contributed by atoms with van der Waals surface area (Å²) >= 11 is 0. The third-order valence-electron chi connectivity index (χ3n) is 10.1. The average molecular weight is 557 g/mol. The van der Waals surface area contributed by atoms with Gasteiger partial charge in [0.2, 0.25) is 11.8 Å². The molecule has 1 aliphatic carbocycles. The van der Waals surface area contributed by atoms with Gasteiger partial charge in [0.25, 0.3) is 0 Å². The minimum atomic E-state index is -0.758. The van der Waals surface area contributed by atoms with Crippen LogP contribution in [0.5, 0.6) is 0 Å². The lowest BCUT2D eigenvalue weighted by Crippen LogP contribution is -2.66. The van der Waals surface area contributed by atoms with Gasteiger partial charge in [-0.25, -0.2) is 4.39 Å². The number of amides is 2. The zero-order valence-electron chi connectivity index (χ0n) is 25.1. The fraction of sp³-hybridized carbons (Fsp3) is 0.719. The van der Waals surface area contributed by atoms with Crippen LogP contribution in [0.3, 0.4) is 0 Å². The quantitative estimate of drug-likeness (QED) is 0.526. The third kappa shape index (κ3) is 6.59. The molecule has 3 fully saturated rings. The third-order valence-corrected chi connectivity index (χ3v) is 10.1. The van der Waals surface area contributed by atoms with Gasteiger partial charge >= 0.3 is 0 Å². The van der Waals surface area contributed by atoms with Crippen molar-refractivity contribution < 1.29 is 18.8 Å². The van der Waals surface area contributed by atoms with Crippen LogP contribution in [0.2, 0.25) is 0 Å². The summed E-state index contributed by atoms with van der Waals surface area (Å²) < 4.78 is 13.6. The van der Waals surface area contributed by atoms with Crippen molar-refractivity contribution in [1.82, 2.24) is 20.0 Å². The second-order valence-corrected chi connectivity index (χ2v) is 12.9. The molecule has 2 aliphatic heterocycles. The van der Waals surface area contributed by atoms with E-state index in [0.29, 0.717) is 38.3 Å². The topological polar surface area (TPSA) is 73.0 Å². The highest BCUT2D eigenvalue weighted by molar-refractivity contribution is 5.91. The molecule has 222 valence electrons. The zero-order valence-corrected chi connectivity index (χ0v) is 25.1. The number of Topliss-reactive ketones (excluding diaryl/α,β-unsaturated/α-hetero) is 1.